The number of carbonyl (C=O) groups is 1. The number of hydrogen-bond donors (Lipinski definition) is 1. The molecule has 1 amide bonds. The van der Waals surface area contributed by atoms with Crippen LogP contribution in [-0.4, -0.2) is 28.7 Å². The topological polar surface area (TPSA) is 72.1 Å². The number of amides is 1. The smallest absolute Gasteiger partial charge is 0.260 e. The molecule has 2 N–H and O–H groups in total. The van der Waals surface area contributed by atoms with E-state index < -0.39 is 0 Å². The minimum absolute atomic E-state index is 0.0418. The summed E-state index contributed by atoms with van der Waals surface area (Å²) in [6.07, 6.45) is 1.48. The van der Waals surface area contributed by atoms with Gasteiger partial charge in [0, 0.05) is 18.3 Å². The third kappa shape index (κ3) is 2.60. The van der Waals surface area contributed by atoms with Gasteiger partial charge in [-0.3, -0.25) is 4.79 Å². The Morgan fingerprint density at radius 1 is 1.36 bits per heavy atom. The van der Waals surface area contributed by atoms with Crippen molar-refractivity contribution >= 4 is 11.6 Å². The van der Waals surface area contributed by atoms with E-state index in [-0.39, 0.29) is 11.9 Å². The van der Waals surface area contributed by atoms with Gasteiger partial charge in [0.15, 0.2) is 0 Å². The summed E-state index contributed by atoms with van der Waals surface area (Å²) in [6.45, 7) is 4.35. The number of fused-ring (bicyclic) bond motifs is 1. The molecule has 5 nitrogen and oxygen atoms in total. The SMILES string of the molecule is CCc1nnc(C)cc1C(=O)N1CC(N)Cc2ccccc21. The fourth-order valence-electron chi connectivity index (χ4n) is 2.92. The van der Waals surface area contributed by atoms with Gasteiger partial charge in [0.25, 0.3) is 5.91 Å². The Labute approximate surface area is 130 Å². The number of nitrogens with two attached hydrogens (primary N) is 1. The van der Waals surface area contributed by atoms with E-state index in [4.69, 9.17) is 5.73 Å². The molecule has 1 unspecified atom stereocenters. The number of carbonyl (C=O) groups excluding carboxylic acids is 1. The normalized spacial score (nSPS) is 17.2. The van der Waals surface area contributed by atoms with Gasteiger partial charge in [-0.05, 0) is 37.5 Å². The van der Waals surface area contributed by atoms with Gasteiger partial charge in [-0.15, -0.1) is 0 Å². The molecule has 22 heavy (non-hydrogen) atoms. The maximum atomic E-state index is 13.0. The highest BCUT2D eigenvalue weighted by molar-refractivity contribution is 6.07. The summed E-state index contributed by atoms with van der Waals surface area (Å²) >= 11 is 0. The molecule has 5 heteroatoms. The van der Waals surface area contributed by atoms with Gasteiger partial charge in [0.2, 0.25) is 0 Å². The van der Waals surface area contributed by atoms with Crippen LogP contribution >= 0.6 is 0 Å². The summed E-state index contributed by atoms with van der Waals surface area (Å²) in [5.41, 5.74) is 10.3. The van der Waals surface area contributed by atoms with E-state index in [1.165, 1.54) is 0 Å². The molecule has 0 radical (unpaired) electrons. The standard InChI is InChI=1S/C17H20N4O/c1-3-15-14(8-11(2)19-20-15)17(22)21-10-13(18)9-12-6-4-5-7-16(12)21/h4-8,13H,3,9-10,18H2,1-2H3. The molecular formula is C17H20N4O. The monoisotopic (exact) mass is 296 g/mol. The highest BCUT2D eigenvalue weighted by Gasteiger charge is 2.28. The van der Waals surface area contributed by atoms with Crippen molar-refractivity contribution in [3.63, 3.8) is 0 Å². The van der Waals surface area contributed by atoms with E-state index in [9.17, 15) is 4.79 Å². The molecule has 0 aliphatic carbocycles. The number of benzene rings is 1. The van der Waals surface area contributed by atoms with Gasteiger partial charge in [-0.25, -0.2) is 0 Å². The molecular weight excluding hydrogens is 276 g/mol. The van der Waals surface area contributed by atoms with Crippen molar-refractivity contribution in [1.82, 2.24) is 10.2 Å². The van der Waals surface area contributed by atoms with Crippen molar-refractivity contribution in [2.45, 2.75) is 32.7 Å². The third-order valence-corrected chi connectivity index (χ3v) is 3.98. The molecule has 2 aromatic rings. The van der Waals surface area contributed by atoms with Crippen molar-refractivity contribution in [2.24, 2.45) is 5.73 Å². The quantitative estimate of drug-likeness (QED) is 0.918. The second-order valence-corrected chi connectivity index (χ2v) is 5.71. The summed E-state index contributed by atoms with van der Waals surface area (Å²) < 4.78 is 0. The Hall–Kier alpha value is -2.27. The summed E-state index contributed by atoms with van der Waals surface area (Å²) in [5.74, 6) is -0.0440. The van der Waals surface area contributed by atoms with Crippen LogP contribution in [0, 0.1) is 6.92 Å². The largest absolute Gasteiger partial charge is 0.326 e. The Kier molecular flexibility index (Phi) is 3.90. The van der Waals surface area contributed by atoms with E-state index in [2.05, 4.69) is 10.2 Å². The average Bonchev–Trinajstić information content (AvgIpc) is 2.53. The van der Waals surface area contributed by atoms with Crippen molar-refractivity contribution in [3.8, 4) is 0 Å². The van der Waals surface area contributed by atoms with E-state index in [1.54, 1.807) is 4.90 Å². The zero-order valence-electron chi connectivity index (χ0n) is 12.9. The first-order valence-corrected chi connectivity index (χ1v) is 7.58. The molecule has 0 spiro atoms. The lowest BCUT2D eigenvalue weighted by molar-refractivity contribution is 0.0981. The maximum absolute atomic E-state index is 13.0. The van der Waals surface area contributed by atoms with Crippen LogP contribution in [-0.2, 0) is 12.8 Å². The van der Waals surface area contributed by atoms with Crippen molar-refractivity contribution in [3.05, 3.63) is 52.8 Å². The van der Waals surface area contributed by atoms with Crippen LogP contribution in [0.1, 0.15) is 34.2 Å². The van der Waals surface area contributed by atoms with E-state index in [0.29, 0.717) is 18.5 Å². The van der Waals surface area contributed by atoms with Crippen molar-refractivity contribution in [2.75, 3.05) is 11.4 Å². The van der Waals surface area contributed by atoms with E-state index in [0.717, 1.165) is 29.1 Å². The van der Waals surface area contributed by atoms with Crippen LogP contribution in [0.4, 0.5) is 5.69 Å². The lowest BCUT2D eigenvalue weighted by Gasteiger charge is -2.33. The first kappa shape index (κ1) is 14.7. The van der Waals surface area contributed by atoms with E-state index in [1.807, 2.05) is 44.2 Å². The number of nitrogens with zero attached hydrogens (tertiary/aromatic N) is 3. The van der Waals surface area contributed by atoms with Gasteiger partial charge in [0.05, 0.1) is 17.0 Å². The fraction of sp³-hybridized carbons (Fsp3) is 0.353. The van der Waals surface area contributed by atoms with Crippen molar-refractivity contribution < 1.29 is 4.79 Å². The van der Waals surface area contributed by atoms with Gasteiger partial charge in [-0.2, -0.15) is 10.2 Å². The van der Waals surface area contributed by atoms with Crippen LogP contribution in [0.2, 0.25) is 0 Å². The summed E-state index contributed by atoms with van der Waals surface area (Å²) in [6, 6.07) is 9.72. The summed E-state index contributed by atoms with van der Waals surface area (Å²) in [7, 11) is 0. The molecule has 1 aromatic carbocycles. The third-order valence-electron chi connectivity index (χ3n) is 3.98. The zero-order valence-corrected chi connectivity index (χ0v) is 12.9. The number of para-hydroxylation sites is 1. The molecule has 1 aromatic heterocycles. The Morgan fingerprint density at radius 2 is 2.14 bits per heavy atom. The van der Waals surface area contributed by atoms with Gasteiger partial charge < -0.3 is 10.6 Å². The van der Waals surface area contributed by atoms with Crippen molar-refractivity contribution in [1.29, 1.82) is 0 Å². The fourth-order valence-corrected chi connectivity index (χ4v) is 2.92. The second-order valence-electron chi connectivity index (χ2n) is 5.71. The number of hydrogen-bond acceptors (Lipinski definition) is 4. The Bertz CT molecular complexity index is 714. The molecule has 3 rings (SSSR count). The first-order valence-electron chi connectivity index (χ1n) is 7.58. The minimum Gasteiger partial charge on any atom is -0.326 e. The average molecular weight is 296 g/mol. The molecule has 114 valence electrons. The first-order chi connectivity index (χ1) is 10.6. The lowest BCUT2D eigenvalue weighted by Crippen LogP contribution is -2.46. The van der Waals surface area contributed by atoms with Crippen LogP contribution in [0.3, 0.4) is 0 Å². The number of anilines is 1. The Balaban J connectivity index is 2.04. The molecule has 0 saturated heterocycles. The van der Waals surface area contributed by atoms with Crippen LogP contribution < -0.4 is 10.6 Å². The number of aryl methyl sites for hydroxylation is 2. The molecule has 0 fully saturated rings. The molecule has 1 aliphatic heterocycles. The predicted octanol–water partition coefficient (Wildman–Crippen LogP) is 1.88. The lowest BCUT2D eigenvalue weighted by atomic mass is 9.97. The Morgan fingerprint density at radius 3 is 2.91 bits per heavy atom. The van der Waals surface area contributed by atoms with E-state index >= 15 is 0 Å². The molecule has 1 atom stereocenters. The highest BCUT2D eigenvalue weighted by Crippen LogP contribution is 2.28. The van der Waals surface area contributed by atoms with Gasteiger partial charge in [-0.1, -0.05) is 25.1 Å². The second kappa shape index (κ2) is 5.85. The maximum Gasteiger partial charge on any atom is 0.260 e. The predicted molar refractivity (Wildman–Crippen MR) is 85.9 cm³/mol. The number of aromatic nitrogens is 2. The molecule has 2 heterocycles. The summed E-state index contributed by atoms with van der Waals surface area (Å²) in [4.78, 5) is 14.8. The molecule has 0 bridgehead atoms. The van der Waals surface area contributed by atoms with Crippen LogP contribution in [0.15, 0.2) is 30.3 Å². The van der Waals surface area contributed by atoms with Gasteiger partial charge >= 0.3 is 0 Å². The van der Waals surface area contributed by atoms with Crippen LogP contribution in [0.25, 0.3) is 0 Å². The minimum atomic E-state index is -0.0440. The van der Waals surface area contributed by atoms with Crippen LogP contribution in [0.5, 0.6) is 0 Å². The summed E-state index contributed by atoms with van der Waals surface area (Å²) in [5, 5.41) is 8.21. The molecule has 0 saturated carbocycles. The number of rotatable bonds is 2. The van der Waals surface area contributed by atoms with Gasteiger partial charge in [0.1, 0.15) is 0 Å². The zero-order chi connectivity index (χ0) is 15.7. The molecule has 1 aliphatic rings. The highest BCUT2D eigenvalue weighted by atomic mass is 16.2.